The van der Waals surface area contributed by atoms with Crippen molar-refractivity contribution in [3.05, 3.63) is 0 Å². The van der Waals surface area contributed by atoms with Crippen LogP contribution in [0.2, 0.25) is 0 Å². The first-order valence-electron chi connectivity index (χ1n) is 6.33. The van der Waals surface area contributed by atoms with Crippen molar-refractivity contribution in [3.63, 3.8) is 0 Å². The van der Waals surface area contributed by atoms with Crippen LogP contribution in [0.15, 0.2) is 0 Å². The summed E-state index contributed by atoms with van der Waals surface area (Å²) >= 11 is 0. The van der Waals surface area contributed by atoms with Gasteiger partial charge in [0, 0.05) is 17.1 Å². The summed E-state index contributed by atoms with van der Waals surface area (Å²) in [5.74, 6) is -1.80. The topological polar surface area (TPSA) is 127 Å². The van der Waals surface area contributed by atoms with Crippen LogP contribution in [0.4, 0.5) is 0 Å². The van der Waals surface area contributed by atoms with Gasteiger partial charge in [-0.05, 0) is 12.8 Å². The van der Waals surface area contributed by atoms with Crippen molar-refractivity contribution in [2.24, 2.45) is 11.5 Å². The second-order valence-electron chi connectivity index (χ2n) is 4.17. The van der Waals surface area contributed by atoms with Crippen LogP contribution in [0.1, 0.15) is 52.4 Å². The van der Waals surface area contributed by atoms with Crippen LogP contribution in [0.3, 0.4) is 0 Å². The zero-order valence-electron chi connectivity index (χ0n) is 11.6. The number of aliphatic carboxylic acids is 2. The van der Waals surface area contributed by atoms with Gasteiger partial charge in [0.05, 0.1) is 0 Å². The molecule has 0 saturated carbocycles. The summed E-state index contributed by atoms with van der Waals surface area (Å²) in [6.07, 6.45) is 4.97. The Hall–Kier alpha value is -0.621. The molecule has 0 aromatic rings. The normalized spacial score (nSPS) is 12.4. The molecule has 0 unspecified atom stereocenters. The number of carbonyl (C=O) groups is 2. The molecule has 2 atom stereocenters. The maximum Gasteiger partial charge on any atom is 0.320 e. The SMILES string of the molecule is CCCC[C@H](N)C(=O)O.CCCC[C@H](N)C(=O)O.[Cu]. The van der Waals surface area contributed by atoms with Gasteiger partial charge in [0.2, 0.25) is 0 Å². The van der Waals surface area contributed by atoms with E-state index in [4.69, 9.17) is 21.7 Å². The third-order valence-electron chi connectivity index (χ3n) is 2.37. The average Bonchev–Trinajstić information content (AvgIpc) is 2.33. The molecule has 1 radical (unpaired) electrons. The van der Waals surface area contributed by atoms with Gasteiger partial charge in [0.25, 0.3) is 0 Å². The fourth-order valence-electron chi connectivity index (χ4n) is 1.10. The molecule has 6 N–H and O–H groups in total. The number of rotatable bonds is 8. The van der Waals surface area contributed by atoms with E-state index in [1.807, 2.05) is 13.8 Å². The molecule has 119 valence electrons. The van der Waals surface area contributed by atoms with Crippen molar-refractivity contribution in [1.82, 2.24) is 0 Å². The van der Waals surface area contributed by atoms with Crippen molar-refractivity contribution in [2.45, 2.75) is 64.5 Å². The molecule has 0 bridgehead atoms. The van der Waals surface area contributed by atoms with E-state index < -0.39 is 24.0 Å². The van der Waals surface area contributed by atoms with E-state index in [2.05, 4.69) is 0 Å². The molecule has 19 heavy (non-hydrogen) atoms. The van der Waals surface area contributed by atoms with Gasteiger partial charge in [-0.3, -0.25) is 9.59 Å². The van der Waals surface area contributed by atoms with Gasteiger partial charge in [0.1, 0.15) is 12.1 Å². The number of hydrogen-bond donors (Lipinski definition) is 4. The fraction of sp³-hybridized carbons (Fsp3) is 0.833. The molecule has 0 rings (SSSR count). The van der Waals surface area contributed by atoms with Crippen LogP contribution in [0.25, 0.3) is 0 Å². The van der Waals surface area contributed by atoms with Crippen molar-refractivity contribution in [1.29, 1.82) is 0 Å². The first-order chi connectivity index (χ1) is 8.36. The van der Waals surface area contributed by atoms with Gasteiger partial charge in [0.15, 0.2) is 0 Å². The summed E-state index contributed by atoms with van der Waals surface area (Å²) in [5, 5.41) is 16.6. The molecule has 0 aromatic heterocycles. The van der Waals surface area contributed by atoms with Crippen LogP contribution in [-0.2, 0) is 26.7 Å². The van der Waals surface area contributed by atoms with Crippen LogP contribution < -0.4 is 11.5 Å². The molecular formula is C12H26CuN2O4. The smallest absolute Gasteiger partial charge is 0.320 e. The fourth-order valence-corrected chi connectivity index (χ4v) is 1.10. The quantitative estimate of drug-likeness (QED) is 0.496. The average molecular weight is 326 g/mol. The van der Waals surface area contributed by atoms with E-state index in [0.717, 1.165) is 25.7 Å². The second-order valence-corrected chi connectivity index (χ2v) is 4.17. The first-order valence-corrected chi connectivity index (χ1v) is 6.33. The number of hydrogen-bond acceptors (Lipinski definition) is 4. The third kappa shape index (κ3) is 17.4. The summed E-state index contributed by atoms with van der Waals surface area (Å²) < 4.78 is 0. The molecule has 0 heterocycles. The van der Waals surface area contributed by atoms with Crippen LogP contribution in [0, 0.1) is 0 Å². The predicted octanol–water partition coefficient (Wildman–Crippen LogP) is 1.17. The Morgan fingerprint density at radius 2 is 1.16 bits per heavy atom. The number of carboxylic acid groups (broad SMARTS) is 2. The molecule has 7 heteroatoms. The number of carboxylic acids is 2. The Morgan fingerprint density at radius 1 is 0.895 bits per heavy atom. The molecule has 0 spiro atoms. The van der Waals surface area contributed by atoms with Crippen molar-refractivity contribution in [2.75, 3.05) is 0 Å². The van der Waals surface area contributed by atoms with E-state index in [1.165, 1.54) is 0 Å². The molecule has 0 saturated heterocycles. The number of unbranched alkanes of at least 4 members (excludes halogenated alkanes) is 2. The molecule has 6 nitrogen and oxygen atoms in total. The minimum atomic E-state index is -0.900. The van der Waals surface area contributed by atoms with Gasteiger partial charge in [-0.15, -0.1) is 0 Å². The van der Waals surface area contributed by atoms with Crippen LogP contribution in [-0.4, -0.2) is 34.2 Å². The van der Waals surface area contributed by atoms with Crippen molar-refractivity contribution in [3.8, 4) is 0 Å². The summed E-state index contributed by atoms with van der Waals surface area (Å²) in [6.45, 7) is 4.02. The minimum absolute atomic E-state index is 0. The van der Waals surface area contributed by atoms with E-state index >= 15 is 0 Å². The Labute approximate surface area is 125 Å². The van der Waals surface area contributed by atoms with E-state index in [0.29, 0.717) is 12.8 Å². The molecule has 0 aliphatic rings. The largest absolute Gasteiger partial charge is 0.480 e. The van der Waals surface area contributed by atoms with Crippen LogP contribution >= 0.6 is 0 Å². The maximum atomic E-state index is 10.1. The number of nitrogens with two attached hydrogens (primary N) is 2. The van der Waals surface area contributed by atoms with Crippen LogP contribution in [0.5, 0.6) is 0 Å². The molecule has 0 amide bonds. The van der Waals surface area contributed by atoms with Gasteiger partial charge >= 0.3 is 11.9 Å². The van der Waals surface area contributed by atoms with Gasteiger partial charge in [-0.1, -0.05) is 39.5 Å². The molecule has 0 aromatic carbocycles. The standard InChI is InChI=1S/2C6H13NO2.Cu/c2*1-2-3-4-5(7)6(8)9;/h2*5H,2-4,7H2,1H3,(H,8,9);/t2*5-;/m00./s1. The molecule has 0 aliphatic heterocycles. The molecule has 0 aliphatic carbocycles. The molecular weight excluding hydrogens is 300 g/mol. The predicted molar refractivity (Wildman–Crippen MR) is 70.3 cm³/mol. The summed E-state index contributed by atoms with van der Waals surface area (Å²) in [5.41, 5.74) is 10.4. The monoisotopic (exact) mass is 325 g/mol. The van der Waals surface area contributed by atoms with E-state index in [9.17, 15) is 9.59 Å². The Bertz CT molecular complexity index is 216. The third-order valence-corrected chi connectivity index (χ3v) is 2.37. The first kappa shape index (κ1) is 23.5. The zero-order chi connectivity index (χ0) is 14.6. The molecule has 0 fully saturated rings. The van der Waals surface area contributed by atoms with E-state index in [1.54, 1.807) is 0 Å². The van der Waals surface area contributed by atoms with Gasteiger partial charge in [-0.25, -0.2) is 0 Å². The Morgan fingerprint density at radius 3 is 1.32 bits per heavy atom. The Kier molecular flexibility index (Phi) is 19.1. The maximum absolute atomic E-state index is 10.1. The van der Waals surface area contributed by atoms with E-state index in [-0.39, 0.29) is 17.1 Å². The Balaban J connectivity index is -0.000000256. The minimum Gasteiger partial charge on any atom is -0.480 e. The van der Waals surface area contributed by atoms with Gasteiger partial charge in [-0.2, -0.15) is 0 Å². The van der Waals surface area contributed by atoms with Gasteiger partial charge < -0.3 is 21.7 Å². The summed E-state index contributed by atoms with van der Waals surface area (Å²) in [4.78, 5) is 20.2. The summed E-state index contributed by atoms with van der Waals surface area (Å²) in [7, 11) is 0. The van der Waals surface area contributed by atoms with Crippen molar-refractivity contribution < 1.29 is 36.9 Å². The summed E-state index contributed by atoms with van der Waals surface area (Å²) in [6, 6.07) is -1.32. The van der Waals surface area contributed by atoms with Crippen molar-refractivity contribution >= 4 is 11.9 Å². The zero-order valence-corrected chi connectivity index (χ0v) is 12.5. The second kappa shape index (κ2) is 15.4.